The van der Waals surface area contributed by atoms with Crippen molar-refractivity contribution in [2.75, 3.05) is 5.43 Å². The highest BCUT2D eigenvalue weighted by atomic mass is 16.5. The molecule has 0 aliphatic heterocycles. The zero-order chi connectivity index (χ0) is 14.8. The molecule has 0 aliphatic rings. The van der Waals surface area contributed by atoms with E-state index in [0.29, 0.717) is 11.8 Å². The number of ether oxygens (including phenoxy) is 1. The minimum atomic E-state index is 0.328. The largest absolute Gasteiger partial charge is 0.438 e. The summed E-state index contributed by atoms with van der Waals surface area (Å²) in [6.45, 7) is 4.03. The molecule has 0 atom stereocenters. The number of nitrogens with zero attached hydrogens (tertiary/aromatic N) is 2. The van der Waals surface area contributed by atoms with Crippen LogP contribution in [0.15, 0.2) is 42.5 Å². The number of para-hydroxylation sites is 1. The van der Waals surface area contributed by atoms with Crippen LogP contribution in [-0.4, -0.2) is 9.97 Å². The molecule has 0 bridgehead atoms. The Morgan fingerprint density at radius 1 is 1.05 bits per heavy atom. The number of fused-ring (bicyclic) bond motifs is 1. The molecule has 0 amide bonds. The first-order chi connectivity index (χ1) is 10.2. The molecular formula is C16H16N4O. The smallest absolute Gasteiger partial charge is 0.241 e. The van der Waals surface area contributed by atoms with E-state index < -0.39 is 0 Å². The number of aryl methyl sites for hydroxylation is 2. The first-order valence-corrected chi connectivity index (χ1v) is 6.66. The zero-order valence-corrected chi connectivity index (χ0v) is 11.9. The third-order valence-electron chi connectivity index (χ3n) is 3.25. The average molecular weight is 280 g/mol. The summed E-state index contributed by atoms with van der Waals surface area (Å²) < 4.78 is 6.00. The van der Waals surface area contributed by atoms with Crippen LogP contribution in [0.3, 0.4) is 0 Å². The summed E-state index contributed by atoms with van der Waals surface area (Å²) in [5.41, 5.74) is 5.43. The van der Waals surface area contributed by atoms with Gasteiger partial charge in [-0.15, -0.1) is 0 Å². The van der Waals surface area contributed by atoms with Gasteiger partial charge in [0.1, 0.15) is 5.75 Å². The Kier molecular flexibility index (Phi) is 3.41. The summed E-state index contributed by atoms with van der Waals surface area (Å²) in [6.07, 6.45) is 0. The summed E-state index contributed by atoms with van der Waals surface area (Å²) in [4.78, 5) is 8.62. The van der Waals surface area contributed by atoms with Crippen molar-refractivity contribution in [1.29, 1.82) is 0 Å². The van der Waals surface area contributed by atoms with Crippen molar-refractivity contribution < 1.29 is 4.74 Å². The lowest BCUT2D eigenvalue weighted by molar-refractivity contribution is 0.465. The fourth-order valence-electron chi connectivity index (χ4n) is 2.11. The molecule has 0 fully saturated rings. The van der Waals surface area contributed by atoms with E-state index in [2.05, 4.69) is 15.4 Å². The molecule has 2 aromatic carbocycles. The molecule has 1 heterocycles. The first kappa shape index (κ1) is 13.3. The molecule has 0 spiro atoms. The summed E-state index contributed by atoms with van der Waals surface area (Å²) in [5.74, 6) is 7.02. The highest BCUT2D eigenvalue weighted by Gasteiger charge is 2.10. The Labute approximate surface area is 122 Å². The lowest BCUT2D eigenvalue weighted by Crippen LogP contribution is -2.11. The van der Waals surface area contributed by atoms with E-state index in [9.17, 15) is 0 Å². The van der Waals surface area contributed by atoms with Gasteiger partial charge >= 0.3 is 0 Å². The summed E-state index contributed by atoms with van der Waals surface area (Å²) in [7, 11) is 0. The maximum Gasteiger partial charge on any atom is 0.241 e. The van der Waals surface area contributed by atoms with Crippen LogP contribution in [0, 0.1) is 13.8 Å². The molecule has 0 radical (unpaired) electrons. The molecule has 0 aliphatic carbocycles. The van der Waals surface area contributed by atoms with Crippen LogP contribution in [0.5, 0.6) is 11.6 Å². The van der Waals surface area contributed by atoms with Crippen LogP contribution in [0.25, 0.3) is 10.9 Å². The highest BCUT2D eigenvalue weighted by Crippen LogP contribution is 2.30. The van der Waals surface area contributed by atoms with E-state index in [0.717, 1.165) is 27.8 Å². The standard InChI is InChI=1S/C16H16N4O/c1-10-7-8-11(2)14(9-10)21-15-12-5-3-4-6-13(12)18-16(19-15)20-17/h3-9H,17H2,1-2H3,(H,18,19,20). The van der Waals surface area contributed by atoms with Crippen molar-refractivity contribution in [2.24, 2.45) is 5.84 Å². The van der Waals surface area contributed by atoms with Gasteiger partial charge in [-0.1, -0.05) is 24.3 Å². The van der Waals surface area contributed by atoms with Crippen LogP contribution in [0.4, 0.5) is 5.95 Å². The maximum atomic E-state index is 6.00. The Morgan fingerprint density at radius 3 is 2.67 bits per heavy atom. The second-order valence-electron chi connectivity index (χ2n) is 4.88. The minimum Gasteiger partial charge on any atom is -0.438 e. The third-order valence-corrected chi connectivity index (χ3v) is 3.25. The Bertz CT molecular complexity index is 801. The molecule has 106 valence electrons. The summed E-state index contributed by atoms with van der Waals surface area (Å²) >= 11 is 0. The summed E-state index contributed by atoms with van der Waals surface area (Å²) in [6, 6.07) is 13.7. The number of hydrogen-bond donors (Lipinski definition) is 2. The van der Waals surface area contributed by atoms with Gasteiger partial charge in [-0.3, -0.25) is 5.43 Å². The first-order valence-electron chi connectivity index (χ1n) is 6.66. The fourth-order valence-corrected chi connectivity index (χ4v) is 2.11. The topological polar surface area (TPSA) is 73.1 Å². The SMILES string of the molecule is Cc1ccc(C)c(Oc2nc(NN)nc3ccccc23)c1. The van der Waals surface area contributed by atoms with Gasteiger partial charge in [-0.05, 0) is 43.2 Å². The minimum absolute atomic E-state index is 0.328. The van der Waals surface area contributed by atoms with Crippen molar-refractivity contribution in [3.8, 4) is 11.6 Å². The van der Waals surface area contributed by atoms with Crippen molar-refractivity contribution >= 4 is 16.9 Å². The number of rotatable bonds is 3. The van der Waals surface area contributed by atoms with Gasteiger partial charge in [0, 0.05) is 0 Å². The van der Waals surface area contributed by atoms with E-state index in [1.807, 2.05) is 56.3 Å². The van der Waals surface area contributed by atoms with E-state index in [-0.39, 0.29) is 0 Å². The molecule has 3 rings (SSSR count). The molecule has 0 unspecified atom stereocenters. The van der Waals surface area contributed by atoms with Crippen LogP contribution < -0.4 is 16.0 Å². The number of hydrogen-bond acceptors (Lipinski definition) is 5. The van der Waals surface area contributed by atoms with Gasteiger partial charge < -0.3 is 4.74 Å². The maximum absolute atomic E-state index is 6.00. The van der Waals surface area contributed by atoms with E-state index >= 15 is 0 Å². The van der Waals surface area contributed by atoms with Gasteiger partial charge in [0.2, 0.25) is 11.8 Å². The van der Waals surface area contributed by atoms with Gasteiger partial charge in [-0.2, -0.15) is 4.98 Å². The van der Waals surface area contributed by atoms with Crippen LogP contribution >= 0.6 is 0 Å². The Balaban J connectivity index is 2.13. The second kappa shape index (κ2) is 5.38. The van der Waals surface area contributed by atoms with Crippen LogP contribution in [0.2, 0.25) is 0 Å². The Hall–Kier alpha value is -2.66. The lowest BCUT2D eigenvalue weighted by atomic mass is 10.1. The van der Waals surface area contributed by atoms with Crippen molar-refractivity contribution in [3.63, 3.8) is 0 Å². The van der Waals surface area contributed by atoms with E-state index in [1.165, 1.54) is 0 Å². The number of nitrogen functional groups attached to an aromatic ring is 1. The predicted molar refractivity (Wildman–Crippen MR) is 83.3 cm³/mol. The molecule has 0 saturated heterocycles. The fraction of sp³-hybridized carbons (Fsp3) is 0.125. The molecule has 21 heavy (non-hydrogen) atoms. The van der Waals surface area contributed by atoms with E-state index in [1.54, 1.807) is 0 Å². The molecule has 5 heteroatoms. The molecule has 3 aromatic rings. The van der Waals surface area contributed by atoms with Crippen molar-refractivity contribution in [2.45, 2.75) is 13.8 Å². The van der Waals surface area contributed by atoms with Gasteiger partial charge in [0.15, 0.2) is 0 Å². The number of nitrogens with one attached hydrogen (secondary N) is 1. The van der Waals surface area contributed by atoms with Crippen LogP contribution in [0.1, 0.15) is 11.1 Å². The Morgan fingerprint density at radius 2 is 1.86 bits per heavy atom. The van der Waals surface area contributed by atoms with Crippen LogP contribution in [-0.2, 0) is 0 Å². The number of nitrogens with two attached hydrogens (primary N) is 1. The normalized spacial score (nSPS) is 10.6. The number of aromatic nitrogens is 2. The number of anilines is 1. The monoisotopic (exact) mass is 280 g/mol. The van der Waals surface area contributed by atoms with Gasteiger partial charge in [-0.25, -0.2) is 10.8 Å². The molecule has 1 aromatic heterocycles. The molecule has 3 N–H and O–H groups in total. The van der Waals surface area contributed by atoms with E-state index in [4.69, 9.17) is 10.6 Å². The highest BCUT2D eigenvalue weighted by molar-refractivity contribution is 5.84. The van der Waals surface area contributed by atoms with Gasteiger partial charge in [0.05, 0.1) is 10.9 Å². The van der Waals surface area contributed by atoms with Gasteiger partial charge in [0.25, 0.3) is 0 Å². The lowest BCUT2D eigenvalue weighted by Gasteiger charge is -2.11. The molecular weight excluding hydrogens is 264 g/mol. The van der Waals surface area contributed by atoms with Crippen molar-refractivity contribution in [1.82, 2.24) is 9.97 Å². The zero-order valence-electron chi connectivity index (χ0n) is 11.9. The molecule has 0 saturated carbocycles. The average Bonchev–Trinajstić information content (AvgIpc) is 2.50. The second-order valence-corrected chi connectivity index (χ2v) is 4.88. The third kappa shape index (κ3) is 2.64. The summed E-state index contributed by atoms with van der Waals surface area (Å²) in [5, 5.41) is 0.845. The predicted octanol–water partition coefficient (Wildman–Crippen LogP) is 3.32. The quantitative estimate of drug-likeness (QED) is 0.568. The van der Waals surface area contributed by atoms with Crippen molar-refractivity contribution in [3.05, 3.63) is 53.6 Å². The molecule has 5 nitrogen and oxygen atoms in total. The number of benzene rings is 2. The number of hydrazine groups is 1.